The molecule has 1 aromatic rings. The smallest absolute Gasteiger partial charge is 1.00 e. The molecule has 0 saturated heterocycles. The maximum absolute atomic E-state index is 11.3. The molecule has 0 amide bonds. The fraction of sp³-hybridized carbons (Fsp3) is 0.222. The van der Waals surface area contributed by atoms with Crippen molar-refractivity contribution in [3.8, 4) is 5.75 Å². The number of nitro groups is 1. The molecule has 0 unspecified atom stereocenters. The predicted molar refractivity (Wildman–Crippen MR) is 61.0 cm³/mol. The molecule has 100 valence electrons. The Bertz CT molecular complexity index is 604. The standard InChI is InChI=1S/C9H9NO7S.Na.H/c1-16-9(11)7-4-3-6(10(12)13)5-8(7)17-18(2,14)15;;/h3-5H,1-2H3;;/q;+1;-1. The van der Waals surface area contributed by atoms with Crippen LogP contribution in [0.3, 0.4) is 0 Å². The van der Waals surface area contributed by atoms with Crippen molar-refractivity contribution in [3.05, 3.63) is 33.9 Å². The second kappa shape index (κ2) is 6.85. The van der Waals surface area contributed by atoms with Crippen molar-refractivity contribution in [2.45, 2.75) is 0 Å². The van der Waals surface area contributed by atoms with Crippen LogP contribution < -0.4 is 33.7 Å². The summed E-state index contributed by atoms with van der Waals surface area (Å²) in [5.41, 5.74) is -0.616. The van der Waals surface area contributed by atoms with Gasteiger partial charge in [-0.3, -0.25) is 10.1 Å². The Balaban J connectivity index is 0. The number of nitrogens with zero attached hydrogens (tertiary/aromatic N) is 1. The first kappa shape index (κ1) is 17.8. The minimum Gasteiger partial charge on any atom is -1.00 e. The van der Waals surface area contributed by atoms with Crippen LogP contribution in [-0.2, 0) is 14.9 Å². The molecule has 0 N–H and O–H groups in total. The van der Waals surface area contributed by atoms with Crippen molar-refractivity contribution in [1.29, 1.82) is 0 Å². The zero-order valence-corrected chi connectivity index (χ0v) is 13.3. The summed E-state index contributed by atoms with van der Waals surface area (Å²) in [7, 11) is -2.82. The molecule has 1 rings (SSSR count). The van der Waals surface area contributed by atoms with Gasteiger partial charge in [0, 0.05) is 6.07 Å². The quantitative estimate of drug-likeness (QED) is 0.204. The van der Waals surface area contributed by atoms with E-state index in [1.807, 2.05) is 0 Å². The van der Waals surface area contributed by atoms with E-state index in [1.54, 1.807) is 0 Å². The summed E-state index contributed by atoms with van der Waals surface area (Å²) in [5, 5.41) is 10.6. The zero-order chi connectivity index (χ0) is 13.9. The van der Waals surface area contributed by atoms with Gasteiger partial charge in [0.15, 0.2) is 5.75 Å². The molecule has 19 heavy (non-hydrogen) atoms. The van der Waals surface area contributed by atoms with E-state index in [1.165, 1.54) is 0 Å². The van der Waals surface area contributed by atoms with E-state index in [-0.39, 0.29) is 36.5 Å². The topological polar surface area (TPSA) is 113 Å². The van der Waals surface area contributed by atoms with Gasteiger partial charge in [0.1, 0.15) is 5.56 Å². The number of benzene rings is 1. The Hall–Kier alpha value is -1.16. The van der Waals surface area contributed by atoms with Crippen LogP contribution in [0, 0.1) is 10.1 Å². The maximum atomic E-state index is 11.3. The Kier molecular flexibility index (Phi) is 6.43. The van der Waals surface area contributed by atoms with Crippen LogP contribution in [-0.4, -0.2) is 32.7 Å². The minimum atomic E-state index is -3.91. The molecule has 0 bridgehead atoms. The molecule has 0 heterocycles. The number of carbonyl (C=O) groups excluding carboxylic acids is 1. The Labute approximate surface area is 132 Å². The van der Waals surface area contributed by atoms with Crippen molar-refractivity contribution < 1.29 is 58.0 Å². The Morgan fingerprint density at radius 3 is 2.42 bits per heavy atom. The van der Waals surface area contributed by atoms with Gasteiger partial charge in [0.25, 0.3) is 5.69 Å². The third kappa shape index (κ3) is 5.15. The van der Waals surface area contributed by atoms with Crippen LogP contribution in [0.25, 0.3) is 0 Å². The van der Waals surface area contributed by atoms with Gasteiger partial charge in [-0.25, -0.2) is 4.79 Å². The summed E-state index contributed by atoms with van der Waals surface area (Å²) in [6.45, 7) is 0. The number of rotatable bonds is 4. The number of non-ortho nitro benzene ring substituents is 1. The van der Waals surface area contributed by atoms with Crippen LogP contribution in [0.5, 0.6) is 5.75 Å². The first-order valence-electron chi connectivity index (χ1n) is 4.51. The fourth-order valence-corrected chi connectivity index (χ4v) is 1.60. The van der Waals surface area contributed by atoms with Gasteiger partial charge in [-0.05, 0) is 6.07 Å². The molecular formula is C9H10NNaO7S. The summed E-state index contributed by atoms with van der Waals surface area (Å²) in [4.78, 5) is 21.1. The molecule has 8 nitrogen and oxygen atoms in total. The molecule has 0 fully saturated rings. The number of carbonyl (C=O) groups is 1. The largest absolute Gasteiger partial charge is 1.00 e. The number of hydrogen-bond acceptors (Lipinski definition) is 7. The SMILES string of the molecule is COC(=O)c1ccc([N+](=O)[O-])cc1OS(C)(=O)=O.[H-].[Na+]. The Morgan fingerprint density at radius 2 is 2.00 bits per heavy atom. The molecule has 0 atom stereocenters. The molecule has 1 aromatic carbocycles. The third-order valence-corrected chi connectivity index (χ3v) is 2.30. The van der Waals surface area contributed by atoms with Crippen molar-refractivity contribution in [1.82, 2.24) is 0 Å². The molecule has 10 heteroatoms. The van der Waals surface area contributed by atoms with E-state index in [9.17, 15) is 23.3 Å². The summed E-state index contributed by atoms with van der Waals surface area (Å²) in [6, 6.07) is 2.94. The maximum Gasteiger partial charge on any atom is 1.00 e. The summed E-state index contributed by atoms with van der Waals surface area (Å²) in [6.07, 6.45) is 0.757. The van der Waals surface area contributed by atoms with Gasteiger partial charge in [-0.1, -0.05) is 0 Å². The van der Waals surface area contributed by atoms with Crippen LogP contribution >= 0.6 is 0 Å². The molecule has 0 radical (unpaired) electrons. The van der Waals surface area contributed by atoms with E-state index < -0.39 is 32.4 Å². The van der Waals surface area contributed by atoms with Gasteiger partial charge in [-0.2, -0.15) is 8.42 Å². The number of esters is 1. The van der Waals surface area contributed by atoms with Crippen LogP contribution in [0.15, 0.2) is 18.2 Å². The van der Waals surface area contributed by atoms with Gasteiger partial charge in [0.05, 0.1) is 24.4 Å². The number of nitro benzene ring substituents is 1. The molecule has 0 aliphatic rings. The average molecular weight is 299 g/mol. The molecule has 0 aromatic heterocycles. The second-order valence-electron chi connectivity index (χ2n) is 3.22. The van der Waals surface area contributed by atoms with Crippen LogP contribution in [0.1, 0.15) is 11.8 Å². The summed E-state index contributed by atoms with van der Waals surface area (Å²) in [5.74, 6) is -1.30. The van der Waals surface area contributed by atoms with Gasteiger partial charge >= 0.3 is 45.6 Å². The first-order valence-corrected chi connectivity index (χ1v) is 6.32. The zero-order valence-electron chi connectivity index (χ0n) is 11.4. The number of hydrogen-bond donors (Lipinski definition) is 0. The normalized spacial score (nSPS) is 10.2. The minimum absolute atomic E-state index is 0. The Morgan fingerprint density at radius 1 is 1.42 bits per heavy atom. The van der Waals surface area contributed by atoms with Crippen LogP contribution in [0.2, 0.25) is 0 Å². The van der Waals surface area contributed by atoms with E-state index in [0.717, 1.165) is 31.6 Å². The van der Waals surface area contributed by atoms with Gasteiger partial charge in [0.2, 0.25) is 0 Å². The fourth-order valence-electron chi connectivity index (χ4n) is 1.14. The molecule has 0 aliphatic carbocycles. The summed E-state index contributed by atoms with van der Waals surface area (Å²) >= 11 is 0. The molecule has 0 saturated carbocycles. The second-order valence-corrected chi connectivity index (χ2v) is 4.79. The van der Waals surface area contributed by atoms with Crippen molar-refractivity contribution >= 4 is 21.8 Å². The molecule has 0 spiro atoms. The van der Waals surface area contributed by atoms with Gasteiger partial charge < -0.3 is 10.3 Å². The average Bonchev–Trinajstić information content (AvgIpc) is 2.25. The van der Waals surface area contributed by atoms with Crippen molar-refractivity contribution in [2.75, 3.05) is 13.4 Å². The van der Waals surface area contributed by atoms with E-state index in [2.05, 4.69) is 8.92 Å². The number of ether oxygens (including phenoxy) is 1. The number of methoxy groups -OCH3 is 1. The van der Waals surface area contributed by atoms with Crippen LogP contribution in [0.4, 0.5) is 5.69 Å². The van der Waals surface area contributed by atoms with E-state index >= 15 is 0 Å². The third-order valence-electron chi connectivity index (χ3n) is 1.82. The summed E-state index contributed by atoms with van der Waals surface area (Å²) < 4.78 is 30.9. The molecule has 0 aliphatic heterocycles. The van der Waals surface area contributed by atoms with Gasteiger partial charge in [-0.15, -0.1) is 0 Å². The monoisotopic (exact) mass is 299 g/mol. The van der Waals surface area contributed by atoms with E-state index in [4.69, 9.17) is 0 Å². The first-order chi connectivity index (χ1) is 8.24. The van der Waals surface area contributed by atoms with Crippen molar-refractivity contribution in [2.24, 2.45) is 0 Å². The molecular weight excluding hydrogens is 289 g/mol. The van der Waals surface area contributed by atoms with E-state index in [0.29, 0.717) is 0 Å². The van der Waals surface area contributed by atoms with Crippen molar-refractivity contribution in [3.63, 3.8) is 0 Å². The predicted octanol–water partition coefficient (Wildman–Crippen LogP) is -2.16.